The van der Waals surface area contributed by atoms with Crippen molar-refractivity contribution < 1.29 is 8.42 Å². The predicted molar refractivity (Wildman–Crippen MR) is 71.7 cm³/mol. The molecule has 2 nitrogen and oxygen atoms in total. The SMILES string of the molecule is O=S(=O)(CC1(CBr)CC1)c1ccccc1Br. The molecule has 0 unspecified atom stereocenters. The van der Waals surface area contributed by atoms with Gasteiger partial charge in [-0.3, -0.25) is 0 Å². The van der Waals surface area contributed by atoms with Crippen LogP contribution in [0.3, 0.4) is 0 Å². The number of halogens is 2. The average molecular weight is 368 g/mol. The second-order valence-electron chi connectivity index (χ2n) is 4.32. The molecule has 0 saturated heterocycles. The molecule has 0 amide bonds. The van der Waals surface area contributed by atoms with E-state index < -0.39 is 9.84 Å². The summed E-state index contributed by atoms with van der Waals surface area (Å²) in [6.45, 7) is 0. The van der Waals surface area contributed by atoms with E-state index in [1.165, 1.54) is 0 Å². The van der Waals surface area contributed by atoms with Crippen LogP contribution in [-0.2, 0) is 9.84 Å². The van der Waals surface area contributed by atoms with Crippen molar-refractivity contribution in [3.05, 3.63) is 28.7 Å². The summed E-state index contributed by atoms with van der Waals surface area (Å²) in [7, 11) is -3.18. The molecule has 0 aliphatic heterocycles. The zero-order valence-electron chi connectivity index (χ0n) is 8.62. The summed E-state index contributed by atoms with van der Waals surface area (Å²) in [5.74, 6) is 0.244. The van der Waals surface area contributed by atoms with Gasteiger partial charge in [-0.15, -0.1) is 0 Å². The van der Waals surface area contributed by atoms with Crippen LogP contribution in [0, 0.1) is 5.41 Å². The van der Waals surface area contributed by atoms with Crippen LogP contribution in [0.4, 0.5) is 0 Å². The van der Waals surface area contributed by atoms with Gasteiger partial charge in [0.15, 0.2) is 9.84 Å². The molecule has 0 aromatic heterocycles. The fourth-order valence-corrected chi connectivity index (χ4v) is 5.72. The van der Waals surface area contributed by atoms with Crippen molar-refractivity contribution in [1.29, 1.82) is 0 Å². The minimum Gasteiger partial charge on any atom is -0.224 e. The minimum atomic E-state index is -3.18. The molecule has 88 valence electrons. The smallest absolute Gasteiger partial charge is 0.180 e. The Morgan fingerprint density at radius 1 is 1.25 bits per heavy atom. The number of hydrogen-bond donors (Lipinski definition) is 0. The molecular weight excluding hydrogens is 356 g/mol. The molecule has 1 aliphatic rings. The Bertz CT molecular complexity index is 492. The first-order valence-electron chi connectivity index (χ1n) is 5.02. The van der Waals surface area contributed by atoms with Gasteiger partial charge in [-0.05, 0) is 46.3 Å². The predicted octanol–water partition coefficient (Wildman–Crippen LogP) is 3.40. The van der Waals surface area contributed by atoms with Gasteiger partial charge in [0.25, 0.3) is 0 Å². The van der Waals surface area contributed by atoms with Gasteiger partial charge in [0, 0.05) is 9.80 Å². The molecule has 0 radical (unpaired) electrons. The lowest BCUT2D eigenvalue weighted by Gasteiger charge is -2.12. The van der Waals surface area contributed by atoms with Gasteiger partial charge >= 0.3 is 0 Å². The molecule has 1 aromatic carbocycles. The molecular formula is C11H12Br2O2S. The van der Waals surface area contributed by atoms with E-state index in [9.17, 15) is 8.42 Å². The molecule has 0 bridgehead atoms. The Morgan fingerprint density at radius 3 is 2.38 bits per heavy atom. The first-order chi connectivity index (χ1) is 7.49. The summed E-state index contributed by atoms with van der Waals surface area (Å²) in [5.41, 5.74) is -0.0197. The van der Waals surface area contributed by atoms with E-state index in [0.717, 1.165) is 18.2 Å². The summed E-state index contributed by atoms with van der Waals surface area (Å²) >= 11 is 6.69. The van der Waals surface area contributed by atoms with Crippen molar-refractivity contribution in [2.45, 2.75) is 17.7 Å². The highest BCUT2D eigenvalue weighted by molar-refractivity contribution is 9.10. The lowest BCUT2D eigenvalue weighted by molar-refractivity contribution is 0.571. The zero-order valence-corrected chi connectivity index (χ0v) is 12.6. The Labute approximate surface area is 113 Å². The van der Waals surface area contributed by atoms with Gasteiger partial charge in [-0.25, -0.2) is 8.42 Å². The lowest BCUT2D eigenvalue weighted by atomic mass is 10.2. The maximum atomic E-state index is 12.2. The number of rotatable bonds is 4. The molecule has 0 heterocycles. The molecule has 1 saturated carbocycles. The fraction of sp³-hybridized carbons (Fsp3) is 0.455. The van der Waals surface area contributed by atoms with E-state index in [4.69, 9.17) is 0 Å². The second kappa shape index (κ2) is 4.42. The van der Waals surface area contributed by atoms with Crippen LogP contribution in [0.15, 0.2) is 33.6 Å². The topological polar surface area (TPSA) is 34.1 Å². The first-order valence-corrected chi connectivity index (χ1v) is 8.59. The quantitative estimate of drug-likeness (QED) is 0.764. The van der Waals surface area contributed by atoms with Gasteiger partial charge in [-0.2, -0.15) is 0 Å². The Morgan fingerprint density at radius 2 is 1.88 bits per heavy atom. The summed E-state index contributed by atoms with van der Waals surface area (Å²) < 4.78 is 25.1. The highest BCUT2D eigenvalue weighted by Gasteiger charge is 2.45. The van der Waals surface area contributed by atoms with Crippen molar-refractivity contribution >= 4 is 41.7 Å². The Hall–Kier alpha value is 0.130. The molecule has 2 rings (SSSR count). The Balaban J connectivity index is 2.30. The van der Waals surface area contributed by atoms with Crippen molar-refractivity contribution in [2.24, 2.45) is 5.41 Å². The van der Waals surface area contributed by atoms with Crippen LogP contribution in [0.25, 0.3) is 0 Å². The van der Waals surface area contributed by atoms with Gasteiger partial charge in [0.1, 0.15) is 0 Å². The molecule has 0 spiro atoms. The second-order valence-corrected chi connectivity index (χ2v) is 7.70. The highest BCUT2D eigenvalue weighted by atomic mass is 79.9. The van der Waals surface area contributed by atoms with Crippen molar-refractivity contribution in [3.63, 3.8) is 0 Å². The van der Waals surface area contributed by atoms with E-state index in [1.54, 1.807) is 18.2 Å². The van der Waals surface area contributed by atoms with Crippen LogP contribution < -0.4 is 0 Å². The van der Waals surface area contributed by atoms with Crippen molar-refractivity contribution in [1.82, 2.24) is 0 Å². The van der Waals surface area contributed by atoms with Crippen LogP contribution in [-0.4, -0.2) is 19.5 Å². The van der Waals surface area contributed by atoms with Crippen LogP contribution in [0.5, 0.6) is 0 Å². The summed E-state index contributed by atoms with van der Waals surface area (Å²) in [4.78, 5) is 0.405. The number of sulfone groups is 1. The number of benzene rings is 1. The Kier molecular flexibility index (Phi) is 3.48. The highest BCUT2D eigenvalue weighted by Crippen LogP contribution is 2.49. The van der Waals surface area contributed by atoms with Gasteiger partial charge in [-0.1, -0.05) is 28.1 Å². The lowest BCUT2D eigenvalue weighted by Crippen LogP contribution is -2.19. The van der Waals surface area contributed by atoms with Crippen LogP contribution in [0.1, 0.15) is 12.8 Å². The molecule has 0 N–H and O–H groups in total. The third-order valence-electron chi connectivity index (χ3n) is 2.91. The molecule has 1 aliphatic carbocycles. The first kappa shape index (κ1) is 12.6. The molecule has 0 atom stereocenters. The maximum Gasteiger partial charge on any atom is 0.180 e. The minimum absolute atomic E-state index is 0.0197. The molecule has 5 heteroatoms. The summed E-state index contributed by atoms with van der Waals surface area (Å²) in [6.07, 6.45) is 2.00. The largest absolute Gasteiger partial charge is 0.224 e. The standard InChI is InChI=1S/C11H12Br2O2S/c12-7-11(5-6-11)8-16(14,15)10-4-2-1-3-9(10)13/h1-4H,5-8H2. The average Bonchev–Trinajstić information content (AvgIpc) is 2.98. The van der Waals surface area contributed by atoms with Crippen LogP contribution >= 0.6 is 31.9 Å². The van der Waals surface area contributed by atoms with Crippen molar-refractivity contribution in [3.8, 4) is 0 Å². The van der Waals surface area contributed by atoms with E-state index >= 15 is 0 Å². The maximum absolute atomic E-state index is 12.2. The van der Waals surface area contributed by atoms with E-state index in [-0.39, 0.29) is 11.2 Å². The van der Waals surface area contributed by atoms with Crippen LogP contribution in [0.2, 0.25) is 0 Å². The normalized spacial score (nSPS) is 18.4. The molecule has 16 heavy (non-hydrogen) atoms. The molecule has 1 aromatic rings. The van der Waals surface area contributed by atoms with Gasteiger partial charge in [0.2, 0.25) is 0 Å². The molecule has 1 fully saturated rings. The van der Waals surface area contributed by atoms with Crippen molar-refractivity contribution in [2.75, 3.05) is 11.1 Å². The van der Waals surface area contributed by atoms with E-state index in [0.29, 0.717) is 9.37 Å². The summed E-state index contributed by atoms with van der Waals surface area (Å²) in [5, 5.41) is 0.768. The number of alkyl halides is 1. The van der Waals surface area contributed by atoms with Gasteiger partial charge in [0.05, 0.1) is 10.6 Å². The third-order valence-corrected chi connectivity index (χ3v) is 7.07. The third kappa shape index (κ3) is 2.51. The number of hydrogen-bond acceptors (Lipinski definition) is 2. The van der Waals surface area contributed by atoms with E-state index in [2.05, 4.69) is 31.9 Å². The fourth-order valence-electron chi connectivity index (χ4n) is 1.67. The summed E-state index contributed by atoms with van der Waals surface area (Å²) in [6, 6.07) is 7.00. The van der Waals surface area contributed by atoms with E-state index in [1.807, 2.05) is 6.07 Å². The zero-order chi connectivity index (χ0) is 11.8. The van der Waals surface area contributed by atoms with Gasteiger partial charge < -0.3 is 0 Å². The monoisotopic (exact) mass is 366 g/mol.